The Balaban J connectivity index is 1.99. The van der Waals surface area contributed by atoms with E-state index < -0.39 is 16.0 Å². The summed E-state index contributed by atoms with van der Waals surface area (Å²) >= 11 is 0. The van der Waals surface area contributed by atoms with Gasteiger partial charge in [0.05, 0.1) is 4.90 Å². The van der Waals surface area contributed by atoms with Gasteiger partial charge in [-0.1, -0.05) is 63.9 Å². The van der Waals surface area contributed by atoms with E-state index in [0.29, 0.717) is 5.69 Å². The van der Waals surface area contributed by atoms with Gasteiger partial charge in [-0.25, -0.2) is 0 Å². The molecule has 0 spiro atoms. The van der Waals surface area contributed by atoms with Crippen molar-refractivity contribution in [2.24, 2.45) is 0 Å². The summed E-state index contributed by atoms with van der Waals surface area (Å²) in [6, 6.07) is 7.46. The van der Waals surface area contributed by atoms with Crippen molar-refractivity contribution in [2.45, 2.75) is 81.6 Å². The Morgan fingerprint density at radius 3 is 2.13 bits per heavy atom. The molecule has 0 aromatic heterocycles. The molecular weight excluding hydrogens is 402 g/mol. The van der Waals surface area contributed by atoms with Crippen molar-refractivity contribution < 1.29 is 17.8 Å². The maximum atomic E-state index is 12.6. The molecule has 2 rings (SSSR count). The van der Waals surface area contributed by atoms with Crippen LogP contribution in [-0.2, 0) is 14.9 Å². The van der Waals surface area contributed by atoms with Crippen molar-refractivity contribution in [1.29, 1.82) is 5.26 Å². The van der Waals surface area contributed by atoms with Gasteiger partial charge in [0.1, 0.15) is 11.6 Å². The van der Waals surface area contributed by atoms with E-state index in [9.17, 15) is 18.5 Å². The van der Waals surface area contributed by atoms with Gasteiger partial charge >= 0.3 is 0 Å². The maximum absolute atomic E-state index is 12.6. The van der Waals surface area contributed by atoms with Gasteiger partial charge in [-0.2, -0.15) is 13.7 Å². The molecule has 3 N–H and O–H groups in total. The van der Waals surface area contributed by atoms with Crippen molar-refractivity contribution >= 4 is 21.7 Å². The number of rotatable bonds is 5. The summed E-state index contributed by atoms with van der Waals surface area (Å²) in [4.78, 5) is 12.3. The number of nitrogens with zero attached hydrogens (tertiary/aromatic N) is 1. The monoisotopic (exact) mass is 433 g/mol. The highest BCUT2D eigenvalue weighted by molar-refractivity contribution is 7.85. The molecule has 0 aliphatic heterocycles. The van der Waals surface area contributed by atoms with E-state index in [0.717, 1.165) is 25.7 Å². The van der Waals surface area contributed by atoms with E-state index in [1.54, 1.807) is 6.07 Å². The van der Waals surface area contributed by atoms with Crippen molar-refractivity contribution in [3.8, 4) is 6.07 Å². The minimum atomic E-state index is -4.33. The highest BCUT2D eigenvalue weighted by Crippen LogP contribution is 2.18. The molecule has 1 saturated carbocycles. The van der Waals surface area contributed by atoms with E-state index in [4.69, 9.17) is 4.55 Å². The molecule has 0 atom stereocenters. The fourth-order valence-corrected chi connectivity index (χ4v) is 4.15. The van der Waals surface area contributed by atoms with Crippen LogP contribution in [0, 0.1) is 11.3 Å². The van der Waals surface area contributed by atoms with Crippen LogP contribution in [0.5, 0.6) is 0 Å². The lowest BCUT2D eigenvalue weighted by atomic mass is 9.98. The molecule has 0 bridgehead atoms. The lowest BCUT2D eigenvalue weighted by molar-refractivity contribution is -0.117. The molecule has 8 heteroatoms. The predicted molar refractivity (Wildman–Crippen MR) is 116 cm³/mol. The minimum Gasteiger partial charge on any atom is -0.360 e. The van der Waals surface area contributed by atoms with E-state index in [1.807, 2.05) is 6.07 Å². The summed E-state index contributed by atoms with van der Waals surface area (Å²) in [7, 11) is -4.33. The third kappa shape index (κ3) is 8.56. The lowest BCUT2D eigenvalue weighted by Gasteiger charge is -2.19. The Labute approximate surface area is 179 Å². The molecule has 30 heavy (non-hydrogen) atoms. The normalized spacial score (nSPS) is 17.8. The molecule has 1 aromatic carbocycles. The first-order valence-corrected chi connectivity index (χ1v) is 12.1. The Bertz CT molecular complexity index is 863. The van der Waals surface area contributed by atoms with E-state index in [-0.39, 0.29) is 16.5 Å². The second-order valence-electron chi connectivity index (χ2n) is 7.75. The highest BCUT2D eigenvalue weighted by atomic mass is 32.2. The average molecular weight is 434 g/mol. The molecule has 0 radical (unpaired) electrons. The average Bonchev–Trinajstić information content (AvgIpc) is 2.70. The second kappa shape index (κ2) is 12.4. The van der Waals surface area contributed by atoms with Crippen LogP contribution in [0.4, 0.5) is 5.69 Å². The molecule has 0 saturated heterocycles. The Kier molecular flexibility index (Phi) is 9.84. The number of anilines is 1. The van der Waals surface area contributed by atoms with Gasteiger partial charge in [0, 0.05) is 17.9 Å². The van der Waals surface area contributed by atoms with Crippen LogP contribution in [0.25, 0.3) is 0 Å². The standard InChI is InChI=1S/C22H31N3O4S/c23-16-18(17-24-20-13-10-14-21(15-20)30(27,28)29)22(26)25-19-11-8-6-4-2-1-3-5-7-9-12-19/h10,13-15,17,19,24H,1-9,11-12H2,(H,25,26)(H,27,28,29)/b18-17-. The van der Waals surface area contributed by atoms with Gasteiger partial charge in [-0.3, -0.25) is 9.35 Å². The number of carbonyl (C=O) groups excluding carboxylic acids is 1. The number of carbonyl (C=O) groups is 1. The largest absolute Gasteiger partial charge is 0.360 e. The minimum absolute atomic E-state index is 0.0523. The van der Waals surface area contributed by atoms with Gasteiger partial charge in [0.2, 0.25) is 0 Å². The molecule has 1 amide bonds. The van der Waals surface area contributed by atoms with Crippen molar-refractivity contribution in [2.75, 3.05) is 5.32 Å². The van der Waals surface area contributed by atoms with Crippen molar-refractivity contribution in [3.63, 3.8) is 0 Å². The lowest BCUT2D eigenvalue weighted by Crippen LogP contribution is -2.35. The number of hydrogen-bond acceptors (Lipinski definition) is 5. The molecule has 1 aliphatic carbocycles. The van der Waals surface area contributed by atoms with Crippen LogP contribution in [0.15, 0.2) is 40.9 Å². The zero-order valence-corrected chi connectivity index (χ0v) is 18.1. The molecular formula is C22H31N3O4S. The third-order valence-electron chi connectivity index (χ3n) is 5.32. The van der Waals surface area contributed by atoms with Crippen LogP contribution in [-0.4, -0.2) is 24.9 Å². The topological polar surface area (TPSA) is 119 Å². The smallest absolute Gasteiger partial charge is 0.294 e. The molecule has 1 aromatic rings. The summed E-state index contributed by atoms with van der Waals surface area (Å²) in [5.41, 5.74) is 0.259. The fourth-order valence-electron chi connectivity index (χ4n) is 3.62. The van der Waals surface area contributed by atoms with Crippen LogP contribution in [0.2, 0.25) is 0 Å². The quantitative estimate of drug-likeness (QED) is 0.356. The summed E-state index contributed by atoms with van der Waals surface area (Å²) in [5.74, 6) is -0.437. The van der Waals surface area contributed by atoms with Crippen molar-refractivity contribution in [1.82, 2.24) is 5.32 Å². The fraction of sp³-hybridized carbons (Fsp3) is 0.545. The summed E-state index contributed by atoms with van der Waals surface area (Å²) < 4.78 is 31.6. The molecule has 0 unspecified atom stereocenters. The van der Waals surface area contributed by atoms with Crippen LogP contribution >= 0.6 is 0 Å². The Morgan fingerprint density at radius 2 is 1.60 bits per heavy atom. The zero-order chi connectivity index (χ0) is 21.8. The molecule has 164 valence electrons. The first-order valence-electron chi connectivity index (χ1n) is 10.7. The van der Waals surface area contributed by atoms with E-state index in [2.05, 4.69) is 10.6 Å². The van der Waals surface area contributed by atoms with E-state index in [1.165, 1.54) is 69.3 Å². The zero-order valence-electron chi connectivity index (χ0n) is 17.3. The highest BCUT2D eigenvalue weighted by Gasteiger charge is 2.16. The first kappa shape index (κ1) is 23.9. The Hall–Kier alpha value is -2.37. The van der Waals surface area contributed by atoms with Crippen LogP contribution in [0.1, 0.15) is 70.6 Å². The first-order chi connectivity index (χ1) is 14.4. The number of hydrogen-bond donors (Lipinski definition) is 3. The molecule has 1 aliphatic rings. The summed E-state index contributed by atoms with van der Waals surface area (Å²) in [5, 5.41) is 15.1. The van der Waals surface area contributed by atoms with Gasteiger partial charge < -0.3 is 10.6 Å². The number of amides is 1. The third-order valence-corrected chi connectivity index (χ3v) is 6.17. The van der Waals surface area contributed by atoms with Gasteiger partial charge in [-0.15, -0.1) is 0 Å². The predicted octanol–water partition coefficient (Wildman–Crippen LogP) is 4.54. The van der Waals surface area contributed by atoms with Gasteiger partial charge in [0.15, 0.2) is 0 Å². The summed E-state index contributed by atoms with van der Waals surface area (Å²) in [6.45, 7) is 0. The second-order valence-corrected chi connectivity index (χ2v) is 9.17. The van der Waals surface area contributed by atoms with E-state index >= 15 is 0 Å². The molecule has 1 fully saturated rings. The number of benzene rings is 1. The van der Waals surface area contributed by atoms with Gasteiger partial charge in [-0.05, 0) is 31.0 Å². The molecule has 0 heterocycles. The Morgan fingerprint density at radius 1 is 1.03 bits per heavy atom. The number of nitrogens with one attached hydrogen (secondary N) is 2. The van der Waals surface area contributed by atoms with Crippen molar-refractivity contribution in [3.05, 3.63) is 36.0 Å². The number of nitriles is 1. The van der Waals surface area contributed by atoms with Gasteiger partial charge in [0.25, 0.3) is 16.0 Å². The molecule has 7 nitrogen and oxygen atoms in total. The van der Waals surface area contributed by atoms with Crippen LogP contribution < -0.4 is 10.6 Å². The SMILES string of the molecule is N#C/C(=C/Nc1cccc(S(=O)(=O)O)c1)C(=O)NC1CCCCCCCCCCC1. The summed E-state index contributed by atoms with van der Waals surface area (Å²) in [6.07, 6.45) is 13.9. The van der Waals surface area contributed by atoms with Crippen LogP contribution in [0.3, 0.4) is 0 Å². The maximum Gasteiger partial charge on any atom is 0.294 e.